The molecule has 1 fully saturated rings. The van der Waals surface area contributed by atoms with Crippen LogP contribution in [0.5, 0.6) is 0 Å². The van der Waals surface area contributed by atoms with Crippen molar-refractivity contribution in [2.45, 2.75) is 31.8 Å². The maximum absolute atomic E-state index is 11.7. The summed E-state index contributed by atoms with van der Waals surface area (Å²) in [5, 5.41) is 12.6. The molecule has 2 N–H and O–H groups in total. The molecule has 1 aliphatic rings. The SMILES string of the molecule is CNC1(CC=O)CN(c2ccc(-c3ccc(C(C)C)cc3)cc2)CCN1C(=O)O. The Hall–Kier alpha value is -2.86. The van der Waals surface area contributed by atoms with E-state index >= 15 is 0 Å². The van der Waals surface area contributed by atoms with E-state index in [4.69, 9.17) is 0 Å². The average Bonchev–Trinajstić information content (AvgIpc) is 2.74. The number of carbonyl (C=O) groups is 2. The molecule has 1 unspecified atom stereocenters. The van der Waals surface area contributed by atoms with E-state index in [0.717, 1.165) is 17.5 Å². The lowest BCUT2D eigenvalue weighted by Crippen LogP contribution is -2.69. The van der Waals surface area contributed by atoms with Gasteiger partial charge in [-0.2, -0.15) is 0 Å². The number of likely N-dealkylation sites (N-methyl/N-ethyl adjacent to an activating group) is 1. The normalized spacial score (nSPS) is 19.4. The Morgan fingerprint density at radius 1 is 1.10 bits per heavy atom. The minimum absolute atomic E-state index is 0.104. The van der Waals surface area contributed by atoms with Gasteiger partial charge in [-0.3, -0.25) is 10.2 Å². The van der Waals surface area contributed by atoms with Gasteiger partial charge in [0.05, 0.1) is 6.54 Å². The zero-order valence-corrected chi connectivity index (χ0v) is 17.3. The fourth-order valence-corrected chi connectivity index (χ4v) is 3.97. The summed E-state index contributed by atoms with van der Waals surface area (Å²) >= 11 is 0. The van der Waals surface area contributed by atoms with Gasteiger partial charge in [-0.1, -0.05) is 50.2 Å². The second kappa shape index (κ2) is 8.66. The van der Waals surface area contributed by atoms with Gasteiger partial charge in [0, 0.05) is 25.2 Å². The predicted molar refractivity (Wildman–Crippen MR) is 115 cm³/mol. The van der Waals surface area contributed by atoms with Crippen LogP contribution < -0.4 is 10.2 Å². The second-order valence-corrected chi connectivity index (χ2v) is 7.83. The summed E-state index contributed by atoms with van der Waals surface area (Å²) in [6, 6.07) is 16.9. The molecule has 0 radical (unpaired) electrons. The van der Waals surface area contributed by atoms with Crippen LogP contribution in [0.2, 0.25) is 0 Å². The van der Waals surface area contributed by atoms with Gasteiger partial charge >= 0.3 is 6.09 Å². The van der Waals surface area contributed by atoms with Crippen molar-refractivity contribution < 1.29 is 14.7 Å². The second-order valence-electron chi connectivity index (χ2n) is 7.83. The average molecular weight is 396 g/mol. The van der Waals surface area contributed by atoms with Crippen LogP contribution >= 0.6 is 0 Å². The van der Waals surface area contributed by atoms with Crippen LogP contribution in [0.3, 0.4) is 0 Å². The van der Waals surface area contributed by atoms with Gasteiger partial charge in [0.25, 0.3) is 0 Å². The molecule has 3 rings (SSSR count). The van der Waals surface area contributed by atoms with Crippen LogP contribution in [-0.2, 0) is 4.79 Å². The Balaban J connectivity index is 1.80. The standard InChI is InChI=1S/C23H29N3O3/c1-17(2)18-4-6-19(7-5-18)20-8-10-21(11-9-20)25-13-14-26(22(28)29)23(16-25,24-3)12-15-27/h4-11,15,17,24H,12-14,16H2,1-3H3,(H,28,29). The Morgan fingerprint density at radius 3 is 2.17 bits per heavy atom. The van der Waals surface area contributed by atoms with Crippen molar-refractivity contribution in [1.82, 2.24) is 10.2 Å². The van der Waals surface area contributed by atoms with Crippen molar-refractivity contribution in [2.24, 2.45) is 0 Å². The van der Waals surface area contributed by atoms with Gasteiger partial charge in [-0.05, 0) is 41.8 Å². The van der Waals surface area contributed by atoms with Crippen LogP contribution in [-0.4, -0.2) is 54.7 Å². The first-order valence-corrected chi connectivity index (χ1v) is 9.98. The van der Waals surface area contributed by atoms with Crippen LogP contribution in [0.25, 0.3) is 11.1 Å². The summed E-state index contributed by atoms with van der Waals surface area (Å²) in [5.41, 5.74) is 3.73. The number of carboxylic acid groups (broad SMARTS) is 1. The minimum atomic E-state index is -1.01. The molecule has 1 heterocycles. The number of aldehydes is 1. The van der Waals surface area contributed by atoms with E-state index in [1.165, 1.54) is 16.0 Å². The highest BCUT2D eigenvalue weighted by Gasteiger charge is 2.43. The maximum Gasteiger partial charge on any atom is 0.408 e. The summed E-state index contributed by atoms with van der Waals surface area (Å²) in [5.74, 6) is 0.509. The van der Waals surface area contributed by atoms with E-state index in [9.17, 15) is 14.7 Å². The summed E-state index contributed by atoms with van der Waals surface area (Å²) in [6.07, 6.45) is -0.132. The van der Waals surface area contributed by atoms with Crippen molar-refractivity contribution in [3.63, 3.8) is 0 Å². The Morgan fingerprint density at radius 2 is 1.69 bits per heavy atom. The molecule has 6 heteroatoms. The van der Waals surface area contributed by atoms with Crippen LogP contribution in [0, 0.1) is 0 Å². The van der Waals surface area contributed by atoms with Crippen molar-refractivity contribution in [1.29, 1.82) is 0 Å². The monoisotopic (exact) mass is 395 g/mol. The van der Waals surface area contributed by atoms with E-state index in [2.05, 4.69) is 72.6 Å². The molecule has 1 amide bonds. The fraction of sp³-hybridized carbons (Fsp3) is 0.391. The zero-order chi connectivity index (χ0) is 21.0. The number of hydrogen-bond donors (Lipinski definition) is 2. The van der Waals surface area contributed by atoms with Gasteiger partial charge < -0.3 is 14.8 Å². The number of piperazine rings is 1. The summed E-state index contributed by atoms with van der Waals surface area (Å²) in [4.78, 5) is 26.4. The molecule has 154 valence electrons. The lowest BCUT2D eigenvalue weighted by molar-refractivity contribution is -0.110. The minimum Gasteiger partial charge on any atom is -0.465 e. The topological polar surface area (TPSA) is 72.9 Å². The van der Waals surface area contributed by atoms with Crippen molar-refractivity contribution >= 4 is 18.1 Å². The first-order valence-electron chi connectivity index (χ1n) is 9.98. The molecular weight excluding hydrogens is 366 g/mol. The van der Waals surface area contributed by atoms with E-state index < -0.39 is 11.8 Å². The van der Waals surface area contributed by atoms with Crippen molar-refractivity contribution in [2.75, 3.05) is 31.6 Å². The number of anilines is 1. The Bertz CT molecular complexity index is 849. The number of rotatable bonds is 6. The van der Waals surface area contributed by atoms with Gasteiger partial charge in [-0.15, -0.1) is 0 Å². The first kappa shape index (κ1) is 20.9. The predicted octanol–water partition coefficient (Wildman–Crippen LogP) is 3.78. The third-order valence-corrected chi connectivity index (χ3v) is 5.82. The van der Waals surface area contributed by atoms with Crippen LogP contribution in [0.15, 0.2) is 48.5 Å². The molecule has 0 spiro atoms. The van der Waals surface area contributed by atoms with E-state index in [1.807, 2.05) is 0 Å². The highest BCUT2D eigenvalue weighted by molar-refractivity contribution is 5.70. The zero-order valence-electron chi connectivity index (χ0n) is 17.3. The summed E-state index contributed by atoms with van der Waals surface area (Å²) < 4.78 is 0. The smallest absolute Gasteiger partial charge is 0.408 e. The van der Waals surface area contributed by atoms with Crippen LogP contribution in [0.1, 0.15) is 31.7 Å². The third kappa shape index (κ3) is 4.27. The number of nitrogens with zero attached hydrogens (tertiary/aromatic N) is 2. The molecule has 2 aromatic carbocycles. The van der Waals surface area contributed by atoms with Gasteiger partial charge in [0.15, 0.2) is 0 Å². The molecule has 0 aliphatic carbocycles. The van der Waals surface area contributed by atoms with E-state index in [-0.39, 0.29) is 6.42 Å². The molecular formula is C23H29N3O3. The molecule has 6 nitrogen and oxygen atoms in total. The van der Waals surface area contributed by atoms with Crippen LogP contribution in [0.4, 0.5) is 10.5 Å². The quantitative estimate of drug-likeness (QED) is 0.728. The largest absolute Gasteiger partial charge is 0.465 e. The van der Waals surface area contributed by atoms with Gasteiger partial charge in [0.2, 0.25) is 0 Å². The van der Waals surface area contributed by atoms with Crippen molar-refractivity contribution in [3.05, 3.63) is 54.1 Å². The summed E-state index contributed by atoms with van der Waals surface area (Å²) in [7, 11) is 1.70. The van der Waals surface area contributed by atoms with Gasteiger partial charge in [-0.25, -0.2) is 4.79 Å². The number of carbonyl (C=O) groups excluding carboxylic acids is 1. The molecule has 29 heavy (non-hydrogen) atoms. The molecule has 1 atom stereocenters. The maximum atomic E-state index is 11.7. The van der Waals surface area contributed by atoms with Crippen molar-refractivity contribution in [3.8, 4) is 11.1 Å². The number of amides is 1. The summed E-state index contributed by atoms with van der Waals surface area (Å²) in [6.45, 7) is 5.70. The number of benzene rings is 2. The Kier molecular flexibility index (Phi) is 6.23. The number of nitrogens with one attached hydrogen (secondary N) is 1. The molecule has 0 aromatic heterocycles. The highest BCUT2D eigenvalue weighted by atomic mass is 16.4. The van der Waals surface area contributed by atoms with Gasteiger partial charge in [0.1, 0.15) is 11.9 Å². The molecule has 0 saturated carbocycles. The molecule has 1 aliphatic heterocycles. The Labute approximate surface area is 172 Å². The lowest BCUT2D eigenvalue weighted by atomic mass is 9.98. The van der Waals surface area contributed by atoms with E-state index in [1.54, 1.807) is 7.05 Å². The molecule has 1 saturated heterocycles. The number of hydrogen-bond acceptors (Lipinski definition) is 4. The third-order valence-electron chi connectivity index (χ3n) is 5.82. The highest BCUT2D eigenvalue weighted by Crippen LogP contribution is 2.29. The molecule has 2 aromatic rings. The van der Waals surface area contributed by atoms with E-state index in [0.29, 0.717) is 25.6 Å². The molecule has 0 bridgehead atoms. The lowest BCUT2D eigenvalue weighted by Gasteiger charge is -2.49. The first-order chi connectivity index (χ1) is 13.9. The fourth-order valence-electron chi connectivity index (χ4n) is 3.97.